The average Bonchev–Trinajstić information content (AvgIpc) is 2.69. The van der Waals surface area contributed by atoms with E-state index in [-0.39, 0.29) is 12.4 Å². The Morgan fingerprint density at radius 3 is 2.56 bits per heavy atom. The monoisotopic (exact) mass is 366 g/mol. The van der Waals surface area contributed by atoms with E-state index in [1.807, 2.05) is 13.0 Å². The molecule has 1 aromatic heterocycles. The third-order valence-electron chi connectivity index (χ3n) is 4.12. The van der Waals surface area contributed by atoms with Crippen LogP contribution in [0.5, 0.6) is 5.75 Å². The number of nitriles is 1. The predicted octanol–water partition coefficient (Wildman–Crippen LogP) is 4.31. The number of rotatable bonds is 7. The molecular weight excluding hydrogens is 347 g/mol. The van der Waals surface area contributed by atoms with Crippen LogP contribution in [0.1, 0.15) is 29.2 Å². The number of aromatic nitrogens is 1. The molecule has 0 spiro atoms. The van der Waals surface area contributed by atoms with Crippen LogP contribution >= 0.6 is 0 Å². The molecule has 0 saturated heterocycles. The normalized spacial score (nSPS) is 10.7. The first kappa shape index (κ1) is 18.8. The largest absolute Gasteiger partial charge is 0.494 e. The van der Waals surface area contributed by atoms with Gasteiger partial charge in [-0.25, -0.2) is 14.2 Å². The van der Waals surface area contributed by atoms with Crippen molar-refractivity contribution in [1.82, 2.24) is 4.98 Å². The molecule has 3 aromatic rings. The van der Waals surface area contributed by atoms with Crippen molar-refractivity contribution in [1.29, 1.82) is 5.26 Å². The fourth-order valence-electron chi connectivity index (χ4n) is 2.91. The summed E-state index contributed by atoms with van der Waals surface area (Å²) in [6.45, 7) is 2.40. The Morgan fingerprint density at radius 1 is 1.11 bits per heavy atom. The Hall–Kier alpha value is -3.01. The molecule has 0 saturated carbocycles. The second-order valence-corrected chi connectivity index (χ2v) is 5.94. The molecule has 2 aromatic carbocycles. The second-order valence-electron chi connectivity index (χ2n) is 5.94. The highest BCUT2D eigenvalue weighted by Crippen LogP contribution is 2.32. The Balaban J connectivity index is 2.01. The molecule has 0 amide bonds. The zero-order valence-corrected chi connectivity index (χ0v) is 15.2. The van der Waals surface area contributed by atoms with Crippen molar-refractivity contribution in [2.24, 2.45) is 0 Å². The third kappa shape index (κ3) is 4.22. The molecule has 6 heteroatoms. The first-order chi connectivity index (χ1) is 13.2. The van der Waals surface area contributed by atoms with Gasteiger partial charge in [0.2, 0.25) is 0 Å². The van der Waals surface area contributed by atoms with Gasteiger partial charge in [-0.2, -0.15) is 5.26 Å². The lowest BCUT2D eigenvalue weighted by Gasteiger charge is -2.13. The van der Waals surface area contributed by atoms with Gasteiger partial charge in [0.05, 0.1) is 25.3 Å². The number of hydrogen-bond acceptors (Lipinski definition) is 5. The van der Waals surface area contributed by atoms with Gasteiger partial charge in [-0.1, -0.05) is 12.1 Å². The number of ether oxygens (including phenoxy) is 1. The highest BCUT2D eigenvalue weighted by molar-refractivity contribution is 5.91. The zero-order valence-electron chi connectivity index (χ0n) is 15.2. The number of pyridine rings is 1. The van der Waals surface area contributed by atoms with Gasteiger partial charge < -0.3 is 4.74 Å². The number of hydrogen-bond donors (Lipinski definition) is 0. The van der Waals surface area contributed by atoms with Gasteiger partial charge in [-0.3, -0.25) is 4.98 Å². The number of nitrogens with zero attached hydrogens (tertiary/aromatic N) is 2. The molecule has 5 nitrogen and oxygen atoms in total. The van der Waals surface area contributed by atoms with E-state index in [4.69, 9.17) is 14.5 Å². The van der Waals surface area contributed by atoms with Crippen LogP contribution in [0.15, 0.2) is 42.6 Å². The molecule has 138 valence electrons. The maximum atomic E-state index is 13.1. The summed E-state index contributed by atoms with van der Waals surface area (Å²) in [7, 11) is 1.55. The van der Waals surface area contributed by atoms with E-state index in [2.05, 4.69) is 11.1 Å². The number of halogens is 1. The molecule has 0 bridgehead atoms. The fourth-order valence-corrected chi connectivity index (χ4v) is 2.91. The first-order valence-corrected chi connectivity index (χ1v) is 8.53. The van der Waals surface area contributed by atoms with Crippen molar-refractivity contribution < 1.29 is 18.9 Å². The lowest BCUT2D eigenvalue weighted by atomic mass is 10.00. The van der Waals surface area contributed by atoms with Crippen LogP contribution in [0.2, 0.25) is 0 Å². The minimum atomic E-state index is -0.270. The topological polar surface area (TPSA) is 64.4 Å². The maximum Gasteiger partial charge on any atom is 0.150 e. The summed E-state index contributed by atoms with van der Waals surface area (Å²) in [5, 5.41) is 10.3. The SMILES string of the molecule is CCOOCc1cc(C#N)c2cc(Cc3ccc(F)cc3)cnc2c1OC. The smallest absolute Gasteiger partial charge is 0.150 e. The van der Waals surface area contributed by atoms with E-state index < -0.39 is 0 Å². The van der Waals surface area contributed by atoms with Crippen LogP contribution < -0.4 is 4.74 Å². The van der Waals surface area contributed by atoms with Crippen LogP contribution in [0.25, 0.3) is 10.9 Å². The minimum absolute atomic E-state index is 0.153. The van der Waals surface area contributed by atoms with Crippen LogP contribution in [0.4, 0.5) is 4.39 Å². The van der Waals surface area contributed by atoms with Crippen LogP contribution in [0.3, 0.4) is 0 Å². The number of benzene rings is 2. The summed E-state index contributed by atoms with van der Waals surface area (Å²) in [4.78, 5) is 14.6. The van der Waals surface area contributed by atoms with Gasteiger partial charge in [0.25, 0.3) is 0 Å². The Bertz CT molecular complexity index is 981. The Morgan fingerprint density at radius 2 is 1.89 bits per heavy atom. The maximum absolute atomic E-state index is 13.1. The summed E-state index contributed by atoms with van der Waals surface area (Å²) < 4.78 is 18.6. The van der Waals surface area contributed by atoms with E-state index in [0.29, 0.717) is 40.8 Å². The molecule has 0 unspecified atom stereocenters. The lowest BCUT2D eigenvalue weighted by Crippen LogP contribution is -2.01. The van der Waals surface area contributed by atoms with Crippen molar-refractivity contribution in [3.63, 3.8) is 0 Å². The van der Waals surface area contributed by atoms with Crippen LogP contribution in [-0.4, -0.2) is 18.7 Å². The van der Waals surface area contributed by atoms with Gasteiger partial charge in [0.1, 0.15) is 17.9 Å². The number of fused-ring (bicyclic) bond motifs is 1. The zero-order chi connectivity index (χ0) is 19.2. The molecule has 0 fully saturated rings. The van der Waals surface area contributed by atoms with E-state index in [9.17, 15) is 9.65 Å². The molecule has 0 aliphatic rings. The van der Waals surface area contributed by atoms with Gasteiger partial charge in [-0.05, 0) is 48.7 Å². The molecule has 0 aliphatic heterocycles. The van der Waals surface area contributed by atoms with Crippen molar-refractivity contribution in [3.8, 4) is 11.8 Å². The molecule has 0 atom stereocenters. The van der Waals surface area contributed by atoms with Crippen molar-refractivity contribution in [3.05, 3.63) is 70.7 Å². The fraction of sp³-hybridized carbons (Fsp3) is 0.238. The van der Waals surface area contributed by atoms with Gasteiger partial charge >= 0.3 is 0 Å². The Labute approximate surface area is 156 Å². The Kier molecular flexibility index (Phi) is 5.97. The molecule has 3 rings (SSSR count). The van der Waals surface area contributed by atoms with E-state index in [1.165, 1.54) is 12.1 Å². The van der Waals surface area contributed by atoms with Crippen LogP contribution in [0, 0.1) is 17.1 Å². The molecule has 0 aliphatic carbocycles. The molecule has 1 heterocycles. The van der Waals surface area contributed by atoms with Gasteiger partial charge in [0.15, 0.2) is 5.75 Å². The quantitative estimate of drug-likeness (QED) is 0.354. The summed E-state index contributed by atoms with van der Waals surface area (Å²) in [6, 6.07) is 12.2. The second kappa shape index (κ2) is 8.58. The molecule has 0 radical (unpaired) electrons. The number of methoxy groups -OCH3 is 1. The molecular formula is C21H19FN2O3. The van der Waals surface area contributed by atoms with Gasteiger partial charge in [0, 0.05) is 17.1 Å². The third-order valence-corrected chi connectivity index (χ3v) is 4.12. The summed E-state index contributed by atoms with van der Waals surface area (Å²) >= 11 is 0. The van der Waals surface area contributed by atoms with Gasteiger partial charge in [-0.15, -0.1) is 0 Å². The van der Waals surface area contributed by atoms with Crippen molar-refractivity contribution >= 4 is 10.9 Å². The highest BCUT2D eigenvalue weighted by Gasteiger charge is 2.15. The average molecular weight is 366 g/mol. The molecule has 27 heavy (non-hydrogen) atoms. The van der Waals surface area contributed by atoms with E-state index in [1.54, 1.807) is 31.5 Å². The minimum Gasteiger partial charge on any atom is -0.494 e. The summed E-state index contributed by atoms with van der Waals surface area (Å²) in [5.74, 6) is 0.283. The lowest BCUT2D eigenvalue weighted by molar-refractivity contribution is -0.300. The van der Waals surface area contributed by atoms with Crippen molar-refractivity contribution in [2.45, 2.75) is 20.0 Å². The summed E-state index contributed by atoms with van der Waals surface area (Å²) in [5.41, 5.74) is 3.65. The highest BCUT2D eigenvalue weighted by atomic mass is 19.1. The van der Waals surface area contributed by atoms with Crippen LogP contribution in [-0.2, 0) is 22.8 Å². The van der Waals surface area contributed by atoms with Crippen molar-refractivity contribution in [2.75, 3.05) is 13.7 Å². The first-order valence-electron chi connectivity index (χ1n) is 8.53. The van der Waals surface area contributed by atoms with E-state index >= 15 is 0 Å². The predicted molar refractivity (Wildman–Crippen MR) is 98.6 cm³/mol. The molecule has 0 N–H and O–H groups in total. The van der Waals surface area contributed by atoms with E-state index in [0.717, 1.165) is 11.1 Å². The summed E-state index contributed by atoms with van der Waals surface area (Å²) in [6.07, 6.45) is 2.33. The standard InChI is InChI=1S/C21H19FN2O3/c1-3-26-27-13-17-10-16(11-23)19-9-15(12-24-20(19)21(17)25-2)8-14-4-6-18(22)7-5-14/h4-7,9-10,12H,3,8,13H2,1-2H3.